The Labute approximate surface area is 205 Å². The first kappa shape index (κ1) is 24.1. The summed E-state index contributed by atoms with van der Waals surface area (Å²) in [4.78, 5) is 2.74. The van der Waals surface area contributed by atoms with Gasteiger partial charge >= 0.3 is 0 Å². The number of benzene rings is 4. The molecule has 0 atom stereocenters. The molecule has 0 saturated heterocycles. The van der Waals surface area contributed by atoms with Crippen molar-refractivity contribution in [2.24, 2.45) is 5.11 Å². The van der Waals surface area contributed by atoms with Gasteiger partial charge in [0, 0.05) is 10.5 Å². The van der Waals surface area contributed by atoms with Gasteiger partial charge in [-0.1, -0.05) is 72.7 Å². The molecule has 35 heavy (non-hydrogen) atoms. The molecule has 4 aromatic carbocycles. The van der Waals surface area contributed by atoms with Crippen LogP contribution in [0.2, 0.25) is 0 Å². The molecule has 0 unspecified atom stereocenters. The Bertz CT molecular complexity index is 1420. The fraction of sp³-hybridized carbons (Fsp3) is 0.200. The summed E-state index contributed by atoms with van der Waals surface area (Å²) in [6.45, 7) is 6.27. The van der Waals surface area contributed by atoms with E-state index < -0.39 is 5.82 Å². The fourth-order valence-corrected chi connectivity index (χ4v) is 4.61. The Kier molecular flexibility index (Phi) is 7.19. The van der Waals surface area contributed by atoms with E-state index in [1.54, 1.807) is 6.07 Å². The smallest absolute Gasteiger partial charge is 0.130 e. The molecule has 176 valence electrons. The number of nitrogens with zero attached hydrogens (tertiary/aromatic N) is 3. The lowest BCUT2D eigenvalue weighted by Gasteiger charge is -2.17. The maximum absolute atomic E-state index is 15.0. The maximum Gasteiger partial charge on any atom is 0.130 e. The van der Waals surface area contributed by atoms with E-state index in [-0.39, 0.29) is 12.1 Å². The van der Waals surface area contributed by atoms with Crippen molar-refractivity contribution in [1.82, 2.24) is 0 Å². The number of aryl methyl sites for hydroxylation is 1. The minimum absolute atomic E-state index is 0.101. The van der Waals surface area contributed by atoms with Crippen LogP contribution in [0.15, 0.2) is 77.9 Å². The van der Waals surface area contributed by atoms with Gasteiger partial charge in [0.2, 0.25) is 0 Å². The Balaban J connectivity index is 1.81. The van der Waals surface area contributed by atoms with Crippen LogP contribution in [0, 0.1) is 19.7 Å². The zero-order valence-electron chi connectivity index (χ0n) is 20.5. The van der Waals surface area contributed by atoms with Crippen molar-refractivity contribution in [3.8, 4) is 39.1 Å². The average molecular weight is 466 g/mol. The molecule has 5 heteroatoms. The molecular weight excluding hydrogens is 437 g/mol. The summed E-state index contributed by atoms with van der Waals surface area (Å²) in [7, 11) is 1.49. The van der Waals surface area contributed by atoms with E-state index in [4.69, 9.17) is 10.3 Å². The van der Waals surface area contributed by atoms with Crippen molar-refractivity contribution in [1.29, 1.82) is 0 Å². The van der Waals surface area contributed by atoms with Crippen LogP contribution < -0.4 is 4.74 Å². The zero-order valence-corrected chi connectivity index (χ0v) is 20.5. The molecule has 0 bridgehead atoms. The molecule has 0 spiro atoms. The van der Waals surface area contributed by atoms with Gasteiger partial charge in [-0.2, -0.15) is 0 Å². The Morgan fingerprint density at radius 2 is 1.40 bits per heavy atom. The van der Waals surface area contributed by atoms with E-state index in [1.165, 1.54) is 35.4 Å². The molecule has 0 aliphatic rings. The van der Waals surface area contributed by atoms with Gasteiger partial charge in [0.25, 0.3) is 0 Å². The second-order valence-electron chi connectivity index (χ2n) is 8.53. The van der Waals surface area contributed by atoms with Crippen molar-refractivity contribution in [2.75, 3.05) is 7.11 Å². The van der Waals surface area contributed by atoms with Gasteiger partial charge in [-0.3, -0.25) is 0 Å². The third-order valence-corrected chi connectivity index (χ3v) is 6.61. The fourth-order valence-electron chi connectivity index (χ4n) is 4.61. The van der Waals surface area contributed by atoms with Crippen molar-refractivity contribution >= 4 is 0 Å². The second kappa shape index (κ2) is 10.5. The number of ether oxygens (including phenoxy) is 1. The van der Waals surface area contributed by atoms with E-state index in [1.807, 2.05) is 12.1 Å². The molecule has 0 saturated carbocycles. The summed E-state index contributed by atoms with van der Waals surface area (Å²) < 4.78 is 20.4. The van der Waals surface area contributed by atoms with E-state index in [0.717, 1.165) is 28.7 Å². The molecule has 4 rings (SSSR count). The van der Waals surface area contributed by atoms with Gasteiger partial charge in [0.1, 0.15) is 11.6 Å². The normalized spacial score (nSPS) is 10.7. The van der Waals surface area contributed by atoms with Crippen molar-refractivity contribution < 1.29 is 9.13 Å². The highest BCUT2D eigenvalue weighted by Crippen LogP contribution is 2.38. The molecule has 0 N–H and O–H groups in total. The van der Waals surface area contributed by atoms with E-state index in [9.17, 15) is 4.39 Å². The van der Waals surface area contributed by atoms with Crippen LogP contribution in [0.5, 0.6) is 5.75 Å². The third kappa shape index (κ3) is 4.77. The lowest BCUT2D eigenvalue weighted by atomic mass is 9.87. The predicted octanol–water partition coefficient (Wildman–Crippen LogP) is 8.82. The maximum atomic E-state index is 15.0. The molecule has 4 nitrogen and oxygen atoms in total. The first-order chi connectivity index (χ1) is 17.0. The third-order valence-electron chi connectivity index (χ3n) is 6.61. The lowest BCUT2D eigenvalue weighted by molar-refractivity contribution is 0.405. The Morgan fingerprint density at radius 1 is 0.829 bits per heavy atom. The van der Waals surface area contributed by atoms with Crippen LogP contribution in [-0.2, 0) is 13.0 Å². The van der Waals surface area contributed by atoms with E-state index >= 15 is 0 Å². The van der Waals surface area contributed by atoms with Gasteiger partial charge in [0.15, 0.2) is 0 Å². The topological polar surface area (TPSA) is 58.0 Å². The molecule has 0 fully saturated rings. The number of halogens is 1. The van der Waals surface area contributed by atoms with Crippen molar-refractivity contribution in [3.05, 3.63) is 111 Å². The predicted molar refractivity (Wildman–Crippen MR) is 141 cm³/mol. The number of rotatable bonds is 7. The Hall–Kier alpha value is -4.08. The molecule has 0 aliphatic carbocycles. The van der Waals surface area contributed by atoms with Crippen molar-refractivity contribution in [2.45, 2.75) is 33.7 Å². The lowest BCUT2D eigenvalue weighted by Crippen LogP contribution is -1.98. The monoisotopic (exact) mass is 465 g/mol. The Morgan fingerprint density at radius 3 is 1.94 bits per heavy atom. The highest BCUT2D eigenvalue weighted by molar-refractivity contribution is 5.84. The minimum atomic E-state index is -0.453. The molecule has 0 radical (unpaired) electrons. The molecular formula is C30H28FN3O. The first-order valence-electron chi connectivity index (χ1n) is 11.6. The number of azide groups is 1. The summed E-state index contributed by atoms with van der Waals surface area (Å²) in [5.74, 6) is -0.0869. The van der Waals surface area contributed by atoms with Gasteiger partial charge in [0.05, 0.1) is 13.7 Å². The molecule has 0 aliphatic heterocycles. The average Bonchev–Trinajstić information content (AvgIpc) is 2.88. The van der Waals surface area contributed by atoms with Crippen LogP contribution in [-0.4, -0.2) is 7.11 Å². The number of hydrogen-bond donors (Lipinski definition) is 0. The molecule has 0 aromatic heterocycles. The van der Waals surface area contributed by atoms with Gasteiger partial charge in [-0.05, 0) is 88.0 Å². The standard InChI is InChI=1S/C30H28FN3O/c1-5-21-12-14-22(15-13-21)24-8-6-10-26(19(24)2)27-11-7-9-25(20(27)3)23-16-29(31)28(18-33-34-32)30(17-23)35-4/h6-17H,5,18H2,1-4H3. The number of methoxy groups -OCH3 is 1. The highest BCUT2D eigenvalue weighted by Gasteiger charge is 2.16. The van der Waals surface area contributed by atoms with Gasteiger partial charge in [-0.25, -0.2) is 4.39 Å². The van der Waals surface area contributed by atoms with E-state index in [2.05, 4.69) is 79.3 Å². The summed E-state index contributed by atoms with van der Waals surface area (Å²) in [5.41, 5.74) is 18.7. The quantitative estimate of drug-likeness (QED) is 0.153. The molecule has 0 heterocycles. The van der Waals surface area contributed by atoms with Crippen LogP contribution in [0.1, 0.15) is 29.2 Å². The summed E-state index contributed by atoms with van der Waals surface area (Å²) in [6.07, 6.45) is 1.02. The van der Waals surface area contributed by atoms with Crippen LogP contribution >= 0.6 is 0 Å². The first-order valence-corrected chi connectivity index (χ1v) is 11.6. The van der Waals surface area contributed by atoms with Crippen LogP contribution in [0.4, 0.5) is 4.39 Å². The van der Waals surface area contributed by atoms with Gasteiger partial charge in [-0.15, -0.1) is 0 Å². The molecule has 4 aromatic rings. The van der Waals surface area contributed by atoms with Crippen LogP contribution in [0.25, 0.3) is 43.8 Å². The second-order valence-corrected chi connectivity index (χ2v) is 8.53. The molecule has 0 amide bonds. The summed E-state index contributed by atoms with van der Waals surface area (Å²) >= 11 is 0. The highest BCUT2D eigenvalue weighted by atomic mass is 19.1. The van der Waals surface area contributed by atoms with Gasteiger partial charge < -0.3 is 4.74 Å². The zero-order chi connectivity index (χ0) is 24.9. The van der Waals surface area contributed by atoms with E-state index in [0.29, 0.717) is 11.3 Å². The minimum Gasteiger partial charge on any atom is -0.496 e. The van der Waals surface area contributed by atoms with Crippen LogP contribution in [0.3, 0.4) is 0 Å². The van der Waals surface area contributed by atoms with Crippen molar-refractivity contribution in [3.63, 3.8) is 0 Å². The summed E-state index contributed by atoms with van der Waals surface area (Å²) in [6, 6.07) is 24.5. The summed E-state index contributed by atoms with van der Waals surface area (Å²) in [5, 5.41) is 3.50. The number of hydrogen-bond acceptors (Lipinski definition) is 2. The largest absolute Gasteiger partial charge is 0.496 e. The SMILES string of the molecule is CCc1ccc(-c2cccc(-c3cccc(-c4cc(F)c(CN=[N+]=[N-])c(OC)c4)c3C)c2C)cc1.